The van der Waals surface area contributed by atoms with E-state index in [1.165, 1.54) is 12.8 Å². The molecule has 1 saturated carbocycles. The van der Waals surface area contributed by atoms with E-state index in [1.807, 2.05) is 4.90 Å². The molecule has 2 rings (SSSR count). The van der Waals surface area contributed by atoms with E-state index in [0.29, 0.717) is 24.9 Å². The maximum absolute atomic E-state index is 12.3. The summed E-state index contributed by atoms with van der Waals surface area (Å²) in [5, 5.41) is 0. The van der Waals surface area contributed by atoms with Gasteiger partial charge in [-0.1, -0.05) is 0 Å². The van der Waals surface area contributed by atoms with Gasteiger partial charge in [0.25, 0.3) is 0 Å². The van der Waals surface area contributed by atoms with Gasteiger partial charge in [0.05, 0.1) is 0 Å². The van der Waals surface area contributed by atoms with Gasteiger partial charge in [-0.2, -0.15) is 0 Å². The Bertz CT molecular complexity index is 296. The van der Waals surface area contributed by atoms with E-state index in [4.69, 9.17) is 5.73 Å². The summed E-state index contributed by atoms with van der Waals surface area (Å²) in [7, 11) is 0. The molecule has 1 unspecified atom stereocenters. The van der Waals surface area contributed by atoms with Crippen molar-refractivity contribution in [2.24, 2.45) is 11.7 Å². The molecule has 4 heteroatoms. The Morgan fingerprint density at radius 3 is 2.42 bits per heavy atom. The molecule has 0 aromatic heterocycles. The molecule has 1 atom stereocenters. The Morgan fingerprint density at radius 2 is 1.95 bits per heavy atom. The average molecular weight is 267 g/mol. The van der Waals surface area contributed by atoms with Gasteiger partial charge in [-0.05, 0) is 45.4 Å². The monoisotopic (exact) mass is 267 g/mol. The van der Waals surface area contributed by atoms with Crippen molar-refractivity contribution in [1.82, 2.24) is 9.80 Å². The van der Waals surface area contributed by atoms with Crippen LogP contribution in [0.1, 0.15) is 46.0 Å². The summed E-state index contributed by atoms with van der Waals surface area (Å²) in [6.07, 6.45) is 5.62. The highest BCUT2D eigenvalue weighted by atomic mass is 16.2. The van der Waals surface area contributed by atoms with Crippen LogP contribution in [0, 0.1) is 5.92 Å². The number of nitrogens with two attached hydrogens (primary N) is 1. The van der Waals surface area contributed by atoms with E-state index in [0.717, 1.165) is 38.4 Å². The molecule has 0 bridgehead atoms. The second-order valence-corrected chi connectivity index (χ2v) is 6.42. The van der Waals surface area contributed by atoms with Crippen LogP contribution in [0.4, 0.5) is 0 Å². The Kier molecular flexibility index (Phi) is 5.22. The maximum Gasteiger partial charge on any atom is 0.224 e. The fourth-order valence-electron chi connectivity index (χ4n) is 3.01. The zero-order chi connectivity index (χ0) is 13.8. The summed E-state index contributed by atoms with van der Waals surface area (Å²) in [6, 6.07) is 0.689. The first-order valence-electron chi connectivity index (χ1n) is 7.85. The van der Waals surface area contributed by atoms with Gasteiger partial charge in [0, 0.05) is 44.7 Å². The van der Waals surface area contributed by atoms with Gasteiger partial charge in [0.2, 0.25) is 5.91 Å². The minimum absolute atomic E-state index is 0.216. The van der Waals surface area contributed by atoms with Crippen LogP contribution in [-0.4, -0.2) is 54.0 Å². The van der Waals surface area contributed by atoms with E-state index in [2.05, 4.69) is 18.7 Å². The molecular weight excluding hydrogens is 238 g/mol. The number of carbonyl (C=O) groups is 1. The first kappa shape index (κ1) is 14.8. The van der Waals surface area contributed by atoms with E-state index in [-0.39, 0.29) is 6.04 Å². The summed E-state index contributed by atoms with van der Waals surface area (Å²) in [6.45, 7) is 8.02. The molecule has 0 aromatic carbocycles. The molecule has 0 aromatic rings. The Hall–Kier alpha value is -0.610. The summed E-state index contributed by atoms with van der Waals surface area (Å²) >= 11 is 0. The third kappa shape index (κ3) is 4.18. The number of rotatable bonds is 7. The largest absolute Gasteiger partial charge is 0.343 e. The molecule has 0 radical (unpaired) electrons. The van der Waals surface area contributed by atoms with Crippen molar-refractivity contribution in [1.29, 1.82) is 0 Å². The number of amides is 1. The average Bonchev–Trinajstić information content (AvgIpc) is 3.03. The van der Waals surface area contributed by atoms with Crippen molar-refractivity contribution in [3.05, 3.63) is 0 Å². The fourth-order valence-corrected chi connectivity index (χ4v) is 3.01. The number of hydrogen-bond donors (Lipinski definition) is 1. The number of nitrogens with zero attached hydrogens (tertiary/aromatic N) is 2. The first-order chi connectivity index (χ1) is 9.11. The predicted molar refractivity (Wildman–Crippen MR) is 77.8 cm³/mol. The van der Waals surface area contributed by atoms with E-state index in [9.17, 15) is 4.79 Å². The molecular formula is C15H29N3O. The second kappa shape index (κ2) is 6.71. The Balaban J connectivity index is 1.89. The van der Waals surface area contributed by atoms with E-state index < -0.39 is 0 Å². The van der Waals surface area contributed by atoms with Crippen LogP contribution < -0.4 is 5.73 Å². The molecule has 0 spiro atoms. The van der Waals surface area contributed by atoms with Crippen molar-refractivity contribution in [2.75, 3.05) is 26.2 Å². The highest BCUT2D eigenvalue weighted by Crippen LogP contribution is 2.31. The lowest BCUT2D eigenvalue weighted by Crippen LogP contribution is -2.48. The molecule has 1 aliphatic heterocycles. The number of likely N-dealkylation sites (tertiary alicyclic amines) is 1. The second-order valence-electron chi connectivity index (χ2n) is 6.42. The van der Waals surface area contributed by atoms with Crippen LogP contribution in [0.25, 0.3) is 0 Å². The topological polar surface area (TPSA) is 49.6 Å². The van der Waals surface area contributed by atoms with Crippen LogP contribution in [0.5, 0.6) is 0 Å². The van der Waals surface area contributed by atoms with Crippen molar-refractivity contribution >= 4 is 5.91 Å². The first-order valence-corrected chi connectivity index (χ1v) is 7.85. The minimum Gasteiger partial charge on any atom is -0.343 e. The SMILES string of the molecule is CC(C)N(CC1CC1)C(CN)CC(=O)N1CCCC1. The zero-order valence-corrected chi connectivity index (χ0v) is 12.5. The smallest absolute Gasteiger partial charge is 0.224 e. The molecule has 1 saturated heterocycles. The lowest BCUT2D eigenvalue weighted by atomic mass is 10.1. The van der Waals surface area contributed by atoms with Gasteiger partial charge in [0.1, 0.15) is 0 Å². The van der Waals surface area contributed by atoms with Crippen molar-refractivity contribution in [3.63, 3.8) is 0 Å². The third-order valence-corrected chi connectivity index (χ3v) is 4.44. The summed E-state index contributed by atoms with van der Waals surface area (Å²) in [5.41, 5.74) is 5.94. The molecule has 1 heterocycles. The van der Waals surface area contributed by atoms with Crippen LogP contribution in [-0.2, 0) is 4.79 Å². The summed E-state index contributed by atoms with van der Waals surface area (Å²) in [4.78, 5) is 16.7. The molecule has 1 amide bonds. The molecule has 2 N–H and O–H groups in total. The van der Waals surface area contributed by atoms with Gasteiger partial charge in [0.15, 0.2) is 0 Å². The minimum atomic E-state index is 0.216. The van der Waals surface area contributed by atoms with Crippen molar-refractivity contribution < 1.29 is 4.79 Å². The highest BCUT2D eigenvalue weighted by Gasteiger charge is 2.31. The zero-order valence-electron chi connectivity index (χ0n) is 12.5. The predicted octanol–water partition coefficient (Wildman–Crippen LogP) is 1.45. The molecule has 2 aliphatic rings. The quantitative estimate of drug-likeness (QED) is 0.759. The summed E-state index contributed by atoms with van der Waals surface area (Å²) < 4.78 is 0. The molecule has 19 heavy (non-hydrogen) atoms. The highest BCUT2D eigenvalue weighted by molar-refractivity contribution is 5.77. The molecule has 2 fully saturated rings. The lowest BCUT2D eigenvalue weighted by Gasteiger charge is -2.35. The van der Waals surface area contributed by atoms with Crippen LogP contribution in [0.3, 0.4) is 0 Å². The molecule has 110 valence electrons. The van der Waals surface area contributed by atoms with Crippen LogP contribution >= 0.6 is 0 Å². The van der Waals surface area contributed by atoms with E-state index in [1.54, 1.807) is 0 Å². The maximum atomic E-state index is 12.3. The third-order valence-electron chi connectivity index (χ3n) is 4.44. The fraction of sp³-hybridized carbons (Fsp3) is 0.933. The van der Waals surface area contributed by atoms with E-state index >= 15 is 0 Å². The van der Waals surface area contributed by atoms with Crippen molar-refractivity contribution in [2.45, 2.75) is 58.0 Å². The standard InChI is InChI=1S/C15H29N3O/c1-12(2)18(11-13-5-6-13)14(10-16)9-15(19)17-7-3-4-8-17/h12-14H,3-11,16H2,1-2H3. The number of carbonyl (C=O) groups excluding carboxylic acids is 1. The van der Waals surface area contributed by atoms with Gasteiger partial charge in [-0.15, -0.1) is 0 Å². The lowest BCUT2D eigenvalue weighted by molar-refractivity contribution is -0.131. The van der Waals surface area contributed by atoms with Gasteiger partial charge < -0.3 is 10.6 Å². The molecule has 4 nitrogen and oxygen atoms in total. The molecule has 1 aliphatic carbocycles. The van der Waals surface area contributed by atoms with Gasteiger partial charge in [-0.25, -0.2) is 0 Å². The normalized spacial score (nSPS) is 21.4. The summed E-state index contributed by atoms with van der Waals surface area (Å²) in [5.74, 6) is 1.15. The Labute approximate surface area is 117 Å². The van der Waals surface area contributed by atoms with Crippen LogP contribution in [0.15, 0.2) is 0 Å². The van der Waals surface area contributed by atoms with Gasteiger partial charge in [-0.3, -0.25) is 9.69 Å². The van der Waals surface area contributed by atoms with Gasteiger partial charge >= 0.3 is 0 Å². The Morgan fingerprint density at radius 1 is 1.32 bits per heavy atom. The van der Waals surface area contributed by atoms with Crippen molar-refractivity contribution in [3.8, 4) is 0 Å². The van der Waals surface area contributed by atoms with Crippen LogP contribution in [0.2, 0.25) is 0 Å². The number of hydrogen-bond acceptors (Lipinski definition) is 3.